The van der Waals surface area contributed by atoms with E-state index < -0.39 is 5.97 Å². The van der Waals surface area contributed by atoms with Crippen LogP contribution >= 0.6 is 0 Å². The Kier molecular flexibility index (Phi) is 4.69. The number of carbonyl (C=O) groups is 2. The van der Waals surface area contributed by atoms with Gasteiger partial charge in [0.25, 0.3) is 0 Å². The van der Waals surface area contributed by atoms with Crippen molar-refractivity contribution in [1.29, 1.82) is 0 Å². The largest absolute Gasteiger partial charge is 0.481 e. The molecule has 1 aliphatic carbocycles. The predicted octanol–water partition coefficient (Wildman–Crippen LogP) is 1.49. The molecule has 0 aliphatic heterocycles. The van der Waals surface area contributed by atoms with Crippen LogP contribution in [0.25, 0.3) is 0 Å². The minimum atomic E-state index is -0.957. The van der Waals surface area contributed by atoms with Gasteiger partial charge in [0.15, 0.2) is 0 Å². The van der Waals surface area contributed by atoms with Gasteiger partial charge in [-0.1, -0.05) is 24.3 Å². The van der Waals surface area contributed by atoms with Crippen LogP contribution < -0.4 is 10.2 Å². The number of carbonyl (C=O) groups excluding carboxylic acids is 1. The zero-order valence-corrected chi connectivity index (χ0v) is 13.1. The van der Waals surface area contributed by atoms with E-state index in [-0.39, 0.29) is 19.0 Å². The van der Waals surface area contributed by atoms with Crippen LogP contribution in [-0.2, 0) is 22.4 Å². The SMILES string of the molecule is O=CN(CCC(=O)O)c1cnc(NC2Cc3ccccc3C2)nc1. The number of hydrogen-bond donors (Lipinski definition) is 2. The average molecular weight is 326 g/mol. The smallest absolute Gasteiger partial charge is 0.305 e. The summed E-state index contributed by atoms with van der Waals surface area (Å²) >= 11 is 0. The summed E-state index contributed by atoms with van der Waals surface area (Å²) < 4.78 is 0. The third-order valence-corrected chi connectivity index (χ3v) is 4.05. The van der Waals surface area contributed by atoms with Gasteiger partial charge < -0.3 is 15.3 Å². The Morgan fingerprint density at radius 1 is 1.25 bits per heavy atom. The number of carboxylic acids is 1. The van der Waals surface area contributed by atoms with Crippen LogP contribution in [0.1, 0.15) is 17.5 Å². The molecule has 3 rings (SSSR count). The maximum atomic E-state index is 11.1. The minimum absolute atomic E-state index is 0.0902. The van der Waals surface area contributed by atoms with Crippen LogP contribution in [0.15, 0.2) is 36.7 Å². The summed E-state index contributed by atoms with van der Waals surface area (Å²) in [6.07, 6.45) is 5.36. The van der Waals surface area contributed by atoms with E-state index in [1.54, 1.807) is 0 Å². The molecule has 0 unspecified atom stereocenters. The van der Waals surface area contributed by atoms with Gasteiger partial charge >= 0.3 is 5.97 Å². The van der Waals surface area contributed by atoms with Crippen LogP contribution in [0.3, 0.4) is 0 Å². The number of benzene rings is 1. The molecule has 0 atom stereocenters. The fraction of sp³-hybridized carbons (Fsp3) is 0.294. The zero-order valence-electron chi connectivity index (χ0n) is 13.1. The van der Waals surface area contributed by atoms with Gasteiger partial charge in [-0.15, -0.1) is 0 Å². The molecule has 7 nitrogen and oxygen atoms in total. The second-order valence-corrected chi connectivity index (χ2v) is 5.73. The Morgan fingerprint density at radius 3 is 2.42 bits per heavy atom. The molecule has 1 heterocycles. The number of aromatic nitrogens is 2. The lowest BCUT2D eigenvalue weighted by atomic mass is 10.1. The molecule has 1 aromatic carbocycles. The van der Waals surface area contributed by atoms with Gasteiger partial charge in [0, 0.05) is 12.6 Å². The molecule has 0 radical (unpaired) electrons. The number of aliphatic carboxylic acids is 1. The number of nitrogens with zero attached hydrogens (tertiary/aromatic N) is 3. The van der Waals surface area contributed by atoms with Crippen LogP contribution in [0.4, 0.5) is 11.6 Å². The Balaban J connectivity index is 1.61. The molecule has 7 heteroatoms. The molecule has 2 aromatic rings. The fourth-order valence-corrected chi connectivity index (χ4v) is 2.85. The fourth-order valence-electron chi connectivity index (χ4n) is 2.85. The van der Waals surface area contributed by atoms with E-state index >= 15 is 0 Å². The first-order chi connectivity index (χ1) is 11.7. The van der Waals surface area contributed by atoms with Crippen molar-refractivity contribution in [3.05, 3.63) is 47.8 Å². The van der Waals surface area contributed by atoms with Crippen LogP contribution in [0.5, 0.6) is 0 Å². The van der Waals surface area contributed by atoms with Gasteiger partial charge in [0.05, 0.1) is 24.5 Å². The van der Waals surface area contributed by atoms with Crippen molar-refractivity contribution < 1.29 is 14.7 Å². The van der Waals surface area contributed by atoms with Crippen molar-refractivity contribution in [1.82, 2.24) is 9.97 Å². The zero-order chi connectivity index (χ0) is 16.9. The Labute approximate surface area is 139 Å². The van der Waals surface area contributed by atoms with E-state index in [4.69, 9.17) is 5.11 Å². The number of fused-ring (bicyclic) bond motifs is 1. The molecular weight excluding hydrogens is 308 g/mol. The van der Waals surface area contributed by atoms with Crippen molar-refractivity contribution in [3.8, 4) is 0 Å². The van der Waals surface area contributed by atoms with Crippen molar-refractivity contribution in [2.75, 3.05) is 16.8 Å². The Bertz CT molecular complexity index is 708. The van der Waals surface area contributed by atoms with E-state index in [1.165, 1.54) is 28.4 Å². The van der Waals surface area contributed by atoms with Gasteiger partial charge in [-0.3, -0.25) is 9.59 Å². The average Bonchev–Trinajstić information content (AvgIpc) is 2.99. The van der Waals surface area contributed by atoms with Crippen LogP contribution in [0.2, 0.25) is 0 Å². The molecule has 0 saturated heterocycles. The van der Waals surface area contributed by atoms with E-state index in [9.17, 15) is 9.59 Å². The van der Waals surface area contributed by atoms with E-state index in [1.807, 2.05) is 12.1 Å². The molecule has 2 N–H and O–H groups in total. The van der Waals surface area contributed by atoms with Gasteiger partial charge in [0.1, 0.15) is 0 Å². The van der Waals surface area contributed by atoms with Gasteiger partial charge in [-0.25, -0.2) is 9.97 Å². The number of hydrogen-bond acceptors (Lipinski definition) is 5. The Hall–Kier alpha value is -2.96. The standard InChI is InChI=1S/C17H18N4O3/c22-11-21(6-5-16(23)24)15-9-18-17(19-10-15)20-14-7-12-3-1-2-4-13(12)8-14/h1-4,9-11,14H,5-8H2,(H,23,24)(H,18,19,20). The molecule has 124 valence electrons. The Morgan fingerprint density at radius 2 is 1.88 bits per heavy atom. The molecule has 1 aliphatic rings. The molecule has 1 aromatic heterocycles. The first-order valence-corrected chi connectivity index (χ1v) is 7.75. The third kappa shape index (κ3) is 3.68. The molecule has 0 bridgehead atoms. The van der Waals surface area contributed by atoms with Crippen LogP contribution in [0, 0.1) is 0 Å². The lowest BCUT2D eigenvalue weighted by molar-refractivity contribution is -0.136. The van der Waals surface area contributed by atoms with Crippen molar-refractivity contribution in [2.24, 2.45) is 0 Å². The highest BCUT2D eigenvalue weighted by atomic mass is 16.4. The first kappa shape index (κ1) is 15.9. The highest BCUT2D eigenvalue weighted by molar-refractivity contribution is 5.76. The highest BCUT2D eigenvalue weighted by Crippen LogP contribution is 2.23. The molecular formula is C17H18N4O3. The minimum Gasteiger partial charge on any atom is -0.481 e. The monoisotopic (exact) mass is 326 g/mol. The van der Waals surface area contributed by atoms with Gasteiger partial charge in [-0.05, 0) is 24.0 Å². The second kappa shape index (κ2) is 7.08. The maximum Gasteiger partial charge on any atom is 0.305 e. The summed E-state index contributed by atoms with van der Waals surface area (Å²) in [5.74, 6) is -0.456. The predicted molar refractivity (Wildman–Crippen MR) is 89.0 cm³/mol. The summed E-state index contributed by atoms with van der Waals surface area (Å²) in [5, 5.41) is 12.0. The molecule has 0 fully saturated rings. The lowest BCUT2D eigenvalue weighted by Gasteiger charge is -2.16. The maximum absolute atomic E-state index is 11.1. The number of amides is 1. The van der Waals surface area contributed by atoms with Gasteiger partial charge in [-0.2, -0.15) is 0 Å². The van der Waals surface area contributed by atoms with Gasteiger partial charge in [0.2, 0.25) is 12.4 Å². The third-order valence-electron chi connectivity index (χ3n) is 4.05. The van der Waals surface area contributed by atoms with E-state index in [2.05, 4.69) is 27.4 Å². The van der Waals surface area contributed by atoms with Crippen molar-refractivity contribution in [3.63, 3.8) is 0 Å². The van der Waals surface area contributed by atoms with E-state index in [0.717, 1.165) is 12.8 Å². The molecule has 1 amide bonds. The van der Waals surface area contributed by atoms with Crippen LogP contribution in [-0.4, -0.2) is 40.0 Å². The number of rotatable bonds is 7. The first-order valence-electron chi connectivity index (χ1n) is 7.75. The molecule has 0 saturated carbocycles. The summed E-state index contributed by atoms with van der Waals surface area (Å²) in [6.45, 7) is 0.0902. The second-order valence-electron chi connectivity index (χ2n) is 5.73. The molecule has 24 heavy (non-hydrogen) atoms. The van der Waals surface area contributed by atoms with Crippen molar-refractivity contribution in [2.45, 2.75) is 25.3 Å². The quantitative estimate of drug-likeness (QED) is 0.749. The molecule has 0 spiro atoms. The summed E-state index contributed by atoms with van der Waals surface area (Å²) in [4.78, 5) is 31.4. The summed E-state index contributed by atoms with van der Waals surface area (Å²) in [5.41, 5.74) is 3.16. The topological polar surface area (TPSA) is 95.4 Å². The summed E-state index contributed by atoms with van der Waals surface area (Å²) in [7, 11) is 0. The van der Waals surface area contributed by atoms with E-state index in [0.29, 0.717) is 18.0 Å². The summed E-state index contributed by atoms with van der Waals surface area (Å²) in [6, 6.07) is 8.59. The number of anilines is 2. The number of nitrogens with one attached hydrogen (secondary N) is 1. The van der Waals surface area contributed by atoms with Crippen molar-refractivity contribution >= 4 is 24.0 Å². The lowest BCUT2D eigenvalue weighted by Crippen LogP contribution is -2.25. The normalized spacial score (nSPS) is 13.3. The number of carboxylic acid groups (broad SMARTS) is 1. The highest BCUT2D eigenvalue weighted by Gasteiger charge is 2.21.